The van der Waals surface area contributed by atoms with Gasteiger partial charge < -0.3 is 20.1 Å². The Bertz CT molecular complexity index is 1310. The minimum Gasteiger partial charge on any atom is -0.494 e. The summed E-state index contributed by atoms with van der Waals surface area (Å²) in [5.41, 5.74) is 0.505. The van der Waals surface area contributed by atoms with Crippen molar-refractivity contribution in [1.82, 2.24) is 5.32 Å². The highest BCUT2D eigenvalue weighted by molar-refractivity contribution is 7.92. The lowest BCUT2D eigenvalue weighted by Gasteiger charge is -2.24. The Morgan fingerprint density at radius 1 is 0.973 bits per heavy atom. The largest absolute Gasteiger partial charge is 0.494 e. The molecule has 0 spiro atoms. The van der Waals surface area contributed by atoms with Gasteiger partial charge in [-0.25, -0.2) is 12.8 Å². The van der Waals surface area contributed by atoms with Crippen LogP contribution in [0.2, 0.25) is 0 Å². The van der Waals surface area contributed by atoms with Gasteiger partial charge in [-0.2, -0.15) is 0 Å². The smallest absolute Gasteiger partial charge is 0.264 e. The lowest BCUT2D eigenvalue weighted by Crippen LogP contribution is -2.38. The number of benzene rings is 3. The Hall–Kier alpha value is -3.96. The summed E-state index contributed by atoms with van der Waals surface area (Å²) in [5.74, 6) is -1.19. The number of sulfonamides is 1. The first-order valence-electron chi connectivity index (χ1n) is 11.4. The maximum Gasteiger partial charge on any atom is 0.264 e. The molecule has 0 unspecified atom stereocenters. The van der Waals surface area contributed by atoms with Gasteiger partial charge in [0.15, 0.2) is 0 Å². The monoisotopic (exact) mass is 529 g/mol. The summed E-state index contributed by atoms with van der Waals surface area (Å²) in [6.45, 7) is 2.19. The van der Waals surface area contributed by atoms with Crippen LogP contribution in [0.15, 0.2) is 77.7 Å². The minimum atomic E-state index is -4.23. The van der Waals surface area contributed by atoms with Gasteiger partial charge in [-0.3, -0.25) is 13.9 Å². The van der Waals surface area contributed by atoms with Crippen molar-refractivity contribution < 1.29 is 31.9 Å². The van der Waals surface area contributed by atoms with Crippen LogP contribution in [0.1, 0.15) is 17.3 Å². The summed E-state index contributed by atoms with van der Waals surface area (Å²) < 4.78 is 51.8. The number of hydrogen-bond acceptors (Lipinski definition) is 6. The molecule has 3 aromatic rings. The number of nitrogens with one attached hydrogen (secondary N) is 2. The molecule has 0 saturated carbocycles. The molecule has 0 saturated heterocycles. The Labute approximate surface area is 215 Å². The van der Waals surface area contributed by atoms with Crippen LogP contribution in [0.5, 0.6) is 5.75 Å². The lowest BCUT2D eigenvalue weighted by molar-refractivity contribution is -0.114. The first-order valence-corrected chi connectivity index (χ1v) is 12.9. The van der Waals surface area contributed by atoms with Crippen molar-refractivity contribution in [3.8, 4) is 5.75 Å². The fraction of sp³-hybridized carbons (Fsp3) is 0.231. The number of para-hydroxylation sites is 1. The van der Waals surface area contributed by atoms with Crippen LogP contribution >= 0.6 is 0 Å². The Morgan fingerprint density at radius 3 is 2.30 bits per heavy atom. The Kier molecular flexibility index (Phi) is 9.58. The molecule has 3 aromatic carbocycles. The molecule has 0 radical (unpaired) electrons. The molecule has 37 heavy (non-hydrogen) atoms. The molecular formula is C26H28FN3O6S. The van der Waals surface area contributed by atoms with E-state index in [4.69, 9.17) is 9.47 Å². The second-order valence-corrected chi connectivity index (χ2v) is 9.60. The highest BCUT2D eigenvalue weighted by Crippen LogP contribution is 2.26. The van der Waals surface area contributed by atoms with E-state index in [9.17, 15) is 22.4 Å². The fourth-order valence-electron chi connectivity index (χ4n) is 3.40. The molecule has 11 heteroatoms. The van der Waals surface area contributed by atoms with E-state index in [2.05, 4.69) is 10.6 Å². The maximum atomic E-state index is 13.6. The highest BCUT2D eigenvalue weighted by atomic mass is 32.2. The average Bonchev–Trinajstić information content (AvgIpc) is 2.89. The zero-order valence-corrected chi connectivity index (χ0v) is 21.3. The summed E-state index contributed by atoms with van der Waals surface area (Å²) in [6, 6.07) is 16.9. The summed E-state index contributed by atoms with van der Waals surface area (Å²) in [4.78, 5) is 25.5. The second kappa shape index (κ2) is 12.8. The molecule has 196 valence electrons. The molecule has 0 heterocycles. The first-order chi connectivity index (χ1) is 17.8. The van der Waals surface area contributed by atoms with E-state index in [0.29, 0.717) is 19.0 Å². The molecule has 0 atom stereocenters. The highest BCUT2D eigenvalue weighted by Gasteiger charge is 2.28. The van der Waals surface area contributed by atoms with E-state index >= 15 is 0 Å². The van der Waals surface area contributed by atoms with Crippen LogP contribution in [0, 0.1) is 5.82 Å². The molecule has 2 N–H and O–H groups in total. The van der Waals surface area contributed by atoms with E-state index in [1.165, 1.54) is 55.6 Å². The lowest BCUT2D eigenvalue weighted by atomic mass is 10.1. The van der Waals surface area contributed by atoms with Gasteiger partial charge in [-0.1, -0.05) is 12.1 Å². The number of hydrogen-bond donors (Lipinski definition) is 2. The van der Waals surface area contributed by atoms with Crippen LogP contribution in [0.3, 0.4) is 0 Å². The number of rotatable bonds is 12. The number of carbonyl (C=O) groups is 2. The third-order valence-corrected chi connectivity index (χ3v) is 6.95. The molecule has 9 nitrogen and oxygen atoms in total. The molecular weight excluding hydrogens is 501 g/mol. The van der Waals surface area contributed by atoms with Crippen LogP contribution in [0.4, 0.5) is 15.8 Å². The third-order valence-electron chi connectivity index (χ3n) is 5.16. The van der Waals surface area contributed by atoms with Gasteiger partial charge in [0, 0.05) is 13.7 Å². The topological polar surface area (TPSA) is 114 Å². The van der Waals surface area contributed by atoms with Crippen molar-refractivity contribution in [2.24, 2.45) is 0 Å². The molecule has 0 aliphatic heterocycles. The van der Waals surface area contributed by atoms with Gasteiger partial charge in [0.25, 0.3) is 15.9 Å². The second-order valence-electron chi connectivity index (χ2n) is 7.73. The quantitative estimate of drug-likeness (QED) is 0.348. The number of amides is 2. The fourth-order valence-corrected chi connectivity index (χ4v) is 4.82. The maximum absolute atomic E-state index is 13.6. The van der Waals surface area contributed by atoms with E-state index in [1.54, 1.807) is 19.1 Å². The van der Waals surface area contributed by atoms with E-state index in [1.807, 2.05) is 0 Å². The van der Waals surface area contributed by atoms with Gasteiger partial charge in [0.1, 0.15) is 18.1 Å². The summed E-state index contributed by atoms with van der Waals surface area (Å²) >= 11 is 0. The van der Waals surface area contributed by atoms with Gasteiger partial charge in [-0.05, 0) is 67.6 Å². The summed E-state index contributed by atoms with van der Waals surface area (Å²) in [5, 5.41) is 5.29. The van der Waals surface area contributed by atoms with Crippen LogP contribution in [-0.4, -0.2) is 53.6 Å². The number of ether oxygens (including phenoxy) is 2. The van der Waals surface area contributed by atoms with E-state index in [0.717, 1.165) is 16.4 Å². The zero-order valence-electron chi connectivity index (χ0n) is 20.4. The summed E-state index contributed by atoms with van der Waals surface area (Å²) in [7, 11) is -2.72. The number of nitrogens with zero attached hydrogens (tertiary/aromatic N) is 1. The molecule has 0 aromatic heterocycles. The van der Waals surface area contributed by atoms with E-state index < -0.39 is 34.2 Å². The number of carbonyl (C=O) groups excluding carboxylic acids is 2. The van der Waals surface area contributed by atoms with Crippen molar-refractivity contribution in [2.45, 2.75) is 11.8 Å². The van der Waals surface area contributed by atoms with Crippen molar-refractivity contribution in [2.75, 3.05) is 43.0 Å². The Morgan fingerprint density at radius 2 is 1.65 bits per heavy atom. The van der Waals surface area contributed by atoms with Gasteiger partial charge in [0.05, 0.1) is 35.0 Å². The predicted octanol–water partition coefficient (Wildman–Crippen LogP) is 3.43. The van der Waals surface area contributed by atoms with Gasteiger partial charge >= 0.3 is 0 Å². The predicted molar refractivity (Wildman–Crippen MR) is 138 cm³/mol. The van der Waals surface area contributed by atoms with Crippen LogP contribution in [-0.2, 0) is 19.6 Å². The van der Waals surface area contributed by atoms with Crippen LogP contribution in [0.25, 0.3) is 0 Å². The Balaban J connectivity index is 1.88. The molecule has 0 aliphatic carbocycles. The number of halogens is 1. The summed E-state index contributed by atoms with van der Waals surface area (Å²) in [6.07, 6.45) is 0. The SMILES string of the molecule is CCOc1ccc(S(=O)(=O)N(CC(=O)Nc2ccccc2C(=O)NCCOC)c2ccc(F)cc2)cc1. The van der Waals surface area contributed by atoms with E-state index in [-0.39, 0.29) is 28.4 Å². The van der Waals surface area contributed by atoms with Crippen molar-refractivity contribution in [1.29, 1.82) is 0 Å². The van der Waals surface area contributed by atoms with Crippen molar-refractivity contribution in [3.05, 3.63) is 84.2 Å². The third kappa shape index (κ3) is 7.28. The molecule has 0 bridgehead atoms. The molecule has 0 aliphatic rings. The number of methoxy groups -OCH3 is 1. The first kappa shape index (κ1) is 27.6. The van der Waals surface area contributed by atoms with Gasteiger partial charge in [-0.15, -0.1) is 0 Å². The van der Waals surface area contributed by atoms with Gasteiger partial charge in [0.2, 0.25) is 5.91 Å². The average molecular weight is 530 g/mol. The zero-order chi connectivity index (χ0) is 26.8. The van der Waals surface area contributed by atoms with Crippen LogP contribution < -0.4 is 19.7 Å². The molecule has 0 fully saturated rings. The normalized spacial score (nSPS) is 11.0. The standard InChI is InChI=1S/C26H28FN3O6S/c1-3-36-21-12-14-22(15-13-21)37(33,34)30(20-10-8-19(27)9-11-20)18-25(31)29-24-7-5-4-6-23(24)26(32)28-16-17-35-2/h4-15H,3,16-18H2,1-2H3,(H,28,32)(H,29,31). The minimum absolute atomic E-state index is 0.0778. The molecule has 3 rings (SSSR count). The van der Waals surface area contributed by atoms with Crippen molar-refractivity contribution in [3.63, 3.8) is 0 Å². The number of anilines is 2. The van der Waals surface area contributed by atoms with Crippen molar-refractivity contribution >= 4 is 33.2 Å². The molecule has 2 amide bonds.